The van der Waals surface area contributed by atoms with Crippen LogP contribution in [0.3, 0.4) is 0 Å². The molecule has 0 radical (unpaired) electrons. The Balaban J connectivity index is 1.89. The molecule has 0 unspecified atom stereocenters. The summed E-state index contributed by atoms with van der Waals surface area (Å²) >= 11 is 0. The van der Waals surface area contributed by atoms with Crippen molar-refractivity contribution in [2.75, 3.05) is 20.8 Å². The van der Waals surface area contributed by atoms with Crippen LogP contribution in [-0.2, 0) is 15.9 Å². The molecule has 0 aliphatic carbocycles. The highest BCUT2D eigenvalue weighted by molar-refractivity contribution is 5.99. The normalized spacial score (nSPS) is 11.3. The molecule has 3 rings (SSSR count). The molecule has 0 spiro atoms. The number of aryl methyl sites for hydroxylation is 2. The Hall–Kier alpha value is -2.77. The van der Waals surface area contributed by atoms with Gasteiger partial charge in [-0.2, -0.15) is 5.10 Å². The summed E-state index contributed by atoms with van der Waals surface area (Å²) in [7, 11) is 3.05. The summed E-state index contributed by atoms with van der Waals surface area (Å²) in [6, 6.07) is 10.2. The van der Waals surface area contributed by atoms with Crippen molar-refractivity contribution in [1.82, 2.24) is 19.9 Å². The lowest BCUT2D eigenvalue weighted by Gasteiger charge is -2.14. The first-order valence-corrected chi connectivity index (χ1v) is 8.76. The van der Waals surface area contributed by atoms with Crippen molar-refractivity contribution in [3.63, 3.8) is 0 Å². The molecular formula is C20H24N4O3. The molecule has 142 valence electrons. The van der Waals surface area contributed by atoms with Gasteiger partial charge in [0.15, 0.2) is 11.9 Å². The number of carbonyl (C=O) groups excluding carboxylic acids is 1. The van der Waals surface area contributed by atoms with Crippen molar-refractivity contribution in [3.8, 4) is 0 Å². The molecule has 0 aliphatic rings. The Morgan fingerprint density at radius 2 is 1.89 bits per heavy atom. The van der Waals surface area contributed by atoms with Crippen molar-refractivity contribution in [1.29, 1.82) is 0 Å². The summed E-state index contributed by atoms with van der Waals surface area (Å²) in [5, 5.41) is 7.17. The number of benzene rings is 1. The van der Waals surface area contributed by atoms with Crippen molar-refractivity contribution < 1.29 is 14.3 Å². The average molecular weight is 368 g/mol. The van der Waals surface area contributed by atoms with Crippen LogP contribution in [0.25, 0.3) is 5.65 Å². The fourth-order valence-electron chi connectivity index (χ4n) is 3.06. The number of aromatic nitrogens is 3. The second-order valence-corrected chi connectivity index (χ2v) is 6.33. The maximum atomic E-state index is 12.5. The van der Waals surface area contributed by atoms with Gasteiger partial charge in [0.1, 0.15) is 5.56 Å². The highest BCUT2D eigenvalue weighted by atomic mass is 16.7. The molecule has 3 aromatic rings. The maximum Gasteiger partial charge on any atom is 0.256 e. The number of fused-ring (bicyclic) bond motifs is 1. The summed E-state index contributed by atoms with van der Waals surface area (Å²) in [5.74, 6) is -0.258. The third-order valence-electron chi connectivity index (χ3n) is 4.63. The van der Waals surface area contributed by atoms with Gasteiger partial charge in [-0.1, -0.05) is 30.3 Å². The molecule has 7 nitrogen and oxygen atoms in total. The van der Waals surface area contributed by atoms with E-state index in [9.17, 15) is 4.79 Å². The van der Waals surface area contributed by atoms with E-state index in [1.54, 1.807) is 10.7 Å². The van der Waals surface area contributed by atoms with E-state index >= 15 is 0 Å². The zero-order valence-corrected chi connectivity index (χ0v) is 16.0. The minimum atomic E-state index is -0.496. The summed E-state index contributed by atoms with van der Waals surface area (Å²) in [4.78, 5) is 17.2. The van der Waals surface area contributed by atoms with Crippen molar-refractivity contribution in [2.24, 2.45) is 0 Å². The predicted molar refractivity (Wildman–Crippen MR) is 102 cm³/mol. The SMILES string of the molecule is COC(CNC(=O)c1cnn2c(C)c(Cc3ccccc3)c(C)nc12)OC. The minimum Gasteiger partial charge on any atom is -0.354 e. The van der Waals surface area contributed by atoms with Gasteiger partial charge in [-0.3, -0.25) is 4.79 Å². The Kier molecular flexibility index (Phi) is 5.83. The quantitative estimate of drug-likeness (QED) is 0.648. The molecule has 0 atom stereocenters. The Morgan fingerprint density at radius 3 is 2.56 bits per heavy atom. The number of hydrogen-bond acceptors (Lipinski definition) is 5. The van der Waals surface area contributed by atoms with E-state index in [-0.39, 0.29) is 12.5 Å². The first-order valence-electron chi connectivity index (χ1n) is 8.76. The van der Waals surface area contributed by atoms with E-state index < -0.39 is 6.29 Å². The summed E-state index contributed by atoms with van der Waals surface area (Å²) < 4.78 is 11.9. The van der Waals surface area contributed by atoms with E-state index in [0.29, 0.717) is 11.2 Å². The molecule has 2 heterocycles. The molecule has 1 N–H and O–H groups in total. The highest BCUT2D eigenvalue weighted by Gasteiger charge is 2.19. The molecule has 0 aliphatic heterocycles. The van der Waals surface area contributed by atoms with Gasteiger partial charge in [0.05, 0.1) is 12.7 Å². The lowest BCUT2D eigenvalue weighted by Crippen LogP contribution is -2.34. The van der Waals surface area contributed by atoms with Crippen LogP contribution in [0.4, 0.5) is 0 Å². The molecule has 0 bridgehead atoms. The number of carbonyl (C=O) groups is 1. The molecule has 1 aromatic carbocycles. The first-order chi connectivity index (χ1) is 13.0. The fraction of sp³-hybridized carbons (Fsp3) is 0.350. The molecule has 0 saturated carbocycles. The second-order valence-electron chi connectivity index (χ2n) is 6.33. The first kappa shape index (κ1) is 19.0. The summed E-state index contributed by atoms with van der Waals surface area (Å²) in [6.45, 7) is 4.21. The van der Waals surface area contributed by atoms with Gasteiger partial charge in [0.2, 0.25) is 0 Å². The van der Waals surface area contributed by atoms with Gasteiger partial charge in [-0.05, 0) is 25.0 Å². The van der Waals surface area contributed by atoms with Crippen LogP contribution in [0.5, 0.6) is 0 Å². The van der Waals surface area contributed by atoms with Crippen LogP contribution >= 0.6 is 0 Å². The zero-order valence-electron chi connectivity index (χ0n) is 16.0. The monoisotopic (exact) mass is 368 g/mol. The van der Waals surface area contributed by atoms with Gasteiger partial charge >= 0.3 is 0 Å². The number of nitrogens with one attached hydrogen (secondary N) is 1. The predicted octanol–water partition coefficient (Wildman–Crippen LogP) is 2.29. The van der Waals surface area contributed by atoms with E-state index in [0.717, 1.165) is 23.4 Å². The minimum absolute atomic E-state index is 0.243. The molecule has 27 heavy (non-hydrogen) atoms. The van der Waals surface area contributed by atoms with Crippen LogP contribution < -0.4 is 5.32 Å². The van der Waals surface area contributed by atoms with Crippen LogP contribution in [0.2, 0.25) is 0 Å². The maximum absolute atomic E-state index is 12.5. The molecule has 7 heteroatoms. The topological polar surface area (TPSA) is 77.8 Å². The fourth-order valence-corrected chi connectivity index (χ4v) is 3.06. The Bertz CT molecular complexity index is 933. The smallest absolute Gasteiger partial charge is 0.256 e. The van der Waals surface area contributed by atoms with Gasteiger partial charge in [-0.25, -0.2) is 9.50 Å². The number of ether oxygens (including phenoxy) is 2. The molecule has 2 aromatic heterocycles. The van der Waals surface area contributed by atoms with Gasteiger partial charge in [0, 0.05) is 32.0 Å². The zero-order chi connectivity index (χ0) is 19.4. The standard InChI is InChI=1S/C20H24N4O3/c1-13-16(10-15-8-6-5-7-9-15)14(2)24-19(23-13)17(11-22-24)20(25)21-12-18(26-3)27-4/h5-9,11,18H,10,12H2,1-4H3,(H,21,25). The highest BCUT2D eigenvalue weighted by Crippen LogP contribution is 2.20. The summed E-state index contributed by atoms with van der Waals surface area (Å²) in [6.07, 6.45) is 1.82. The van der Waals surface area contributed by atoms with Crippen LogP contribution in [0, 0.1) is 13.8 Å². The van der Waals surface area contributed by atoms with Crippen LogP contribution in [-0.4, -0.2) is 47.6 Å². The number of hydrogen-bond donors (Lipinski definition) is 1. The number of amides is 1. The van der Waals surface area contributed by atoms with Crippen molar-refractivity contribution in [2.45, 2.75) is 26.6 Å². The van der Waals surface area contributed by atoms with Gasteiger partial charge in [-0.15, -0.1) is 0 Å². The largest absolute Gasteiger partial charge is 0.354 e. The molecular weight excluding hydrogens is 344 g/mol. The van der Waals surface area contributed by atoms with Crippen molar-refractivity contribution in [3.05, 3.63) is 64.6 Å². The van der Waals surface area contributed by atoms with E-state index in [1.807, 2.05) is 32.0 Å². The molecule has 0 saturated heterocycles. The van der Waals surface area contributed by atoms with Gasteiger partial charge < -0.3 is 14.8 Å². The second kappa shape index (κ2) is 8.28. The third kappa shape index (κ3) is 3.99. The lowest BCUT2D eigenvalue weighted by atomic mass is 10.0. The van der Waals surface area contributed by atoms with E-state index in [2.05, 4.69) is 27.5 Å². The summed E-state index contributed by atoms with van der Waals surface area (Å²) in [5.41, 5.74) is 5.17. The van der Waals surface area contributed by atoms with Crippen LogP contribution in [0.15, 0.2) is 36.5 Å². The molecule has 1 amide bonds. The lowest BCUT2D eigenvalue weighted by molar-refractivity contribution is -0.0974. The van der Waals surface area contributed by atoms with E-state index in [1.165, 1.54) is 19.8 Å². The van der Waals surface area contributed by atoms with Crippen LogP contribution in [0.1, 0.15) is 32.9 Å². The number of nitrogens with zero attached hydrogens (tertiary/aromatic N) is 3. The van der Waals surface area contributed by atoms with Gasteiger partial charge in [0.25, 0.3) is 5.91 Å². The Labute approximate surface area is 158 Å². The molecule has 0 fully saturated rings. The van der Waals surface area contributed by atoms with E-state index in [4.69, 9.17) is 9.47 Å². The third-order valence-corrected chi connectivity index (χ3v) is 4.63. The number of methoxy groups -OCH3 is 2. The average Bonchev–Trinajstić information content (AvgIpc) is 3.10. The Morgan fingerprint density at radius 1 is 1.19 bits per heavy atom. The van der Waals surface area contributed by atoms with Crippen molar-refractivity contribution >= 4 is 11.6 Å². The number of rotatable bonds is 7.